The summed E-state index contributed by atoms with van der Waals surface area (Å²) in [4.78, 5) is 11.7. The van der Waals surface area contributed by atoms with E-state index in [4.69, 9.17) is 4.74 Å². The zero-order chi connectivity index (χ0) is 15.0. The molecule has 0 radical (unpaired) electrons. The fourth-order valence-corrected chi connectivity index (χ4v) is 2.27. The molecule has 0 unspecified atom stereocenters. The third-order valence-electron chi connectivity index (χ3n) is 3.25. The molecule has 7 nitrogen and oxygen atoms in total. The normalized spacial score (nSPS) is 11.0. The van der Waals surface area contributed by atoms with Crippen LogP contribution in [0.1, 0.15) is 23.0 Å². The van der Waals surface area contributed by atoms with E-state index < -0.39 is 5.97 Å². The van der Waals surface area contributed by atoms with Gasteiger partial charge in [0, 0.05) is 12.7 Å². The minimum atomic E-state index is -0.392. The molecule has 0 saturated heterocycles. The van der Waals surface area contributed by atoms with Crippen molar-refractivity contribution in [1.29, 1.82) is 0 Å². The summed E-state index contributed by atoms with van der Waals surface area (Å²) in [5.74, 6) is 0.259. The first kappa shape index (κ1) is 13.3. The molecule has 21 heavy (non-hydrogen) atoms. The molecule has 108 valence electrons. The highest BCUT2D eigenvalue weighted by Crippen LogP contribution is 2.20. The molecule has 0 bridgehead atoms. The van der Waals surface area contributed by atoms with Crippen molar-refractivity contribution >= 4 is 11.6 Å². The van der Waals surface area contributed by atoms with E-state index in [1.54, 1.807) is 22.7 Å². The topological polar surface area (TPSA) is 74.3 Å². The maximum absolute atomic E-state index is 11.7. The van der Waals surface area contributed by atoms with E-state index in [1.165, 1.54) is 7.11 Å². The fraction of sp³-hybridized carbons (Fsp3) is 0.286. The van der Waals surface area contributed by atoms with Crippen molar-refractivity contribution in [2.75, 3.05) is 7.11 Å². The summed E-state index contributed by atoms with van der Waals surface area (Å²) < 4.78 is 8.38. The van der Waals surface area contributed by atoms with Gasteiger partial charge in [-0.25, -0.2) is 4.79 Å². The predicted octanol–water partition coefficient (Wildman–Crippen LogP) is 1.71. The molecular weight excluding hydrogens is 270 g/mol. The van der Waals surface area contributed by atoms with Crippen molar-refractivity contribution in [1.82, 2.24) is 24.4 Å². The zero-order valence-electron chi connectivity index (χ0n) is 12.1. The highest BCUT2D eigenvalue weighted by molar-refractivity contribution is 5.89. The van der Waals surface area contributed by atoms with Crippen molar-refractivity contribution in [2.45, 2.75) is 20.4 Å². The smallest absolute Gasteiger partial charge is 0.339 e. The van der Waals surface area contributed by atoms with Crippen LogP contribution in [-0.4, -0.2) is 37.5 Å². The molecule has 0 aliphatic rings. The number of hydrogen-bond acceptors (Lipinski definition) is 5. The average Bonchev–Trinajstić information content (AvgIpc) is 3.08. The van der Waals surface area contributed by atoms with Crippen LogP contribution in [-0.2, 0) is 11.3 Å². The van der Waals surface area contributed by atoms with Crippen molar-refractivity contribution < 1.29 is 9.53 Å². The lowest BCUT2D eigenvalue weighted by Crippen LogP contribution is -2.05. The summed E-state index contributed by atoms with van der Waals surface area (Å²) >= 11 is 0. The van der Waals surface area contributed by atoms with Gasteiger partial charge in [0.1, 0.15) is 5.69 Å². The Morgan fingerprint density at radius 2 is 2.14 bits per heavy atom. The van der Waals surface area contributed by atoms with Gasteiger partial charge in [-0.15, -0.1) is 10.2 Å². The Kier molecular flexibility index (Phi) is 3.17. The molecule has 0 fully saturated rings. The second-order valence-electron chi connectivity index (χ2n) is 4.65. The molecule has 3 aromatic heterocycles. The number of carbonyl (C=O) groups is 1. The summed E-state index contributed by atoms with van der Waals surface area (Å²) in [6.07, 6.45) is 1.68. The highest BCUT2D eigenvalue weighted by Gasteiger charge is 2.15. The van der Waals surface area contributed by atoms with Crippen molar-refractivity contribution in [3.05, 3.63) is 35.7 Å². The highest BCUT2D eigenvalue weighted by atomic mass is 16.5. The number of ether oxygens (including phenoxy) is 1. The molecule has 0 spiro atoms. The lowest BCUT2D eigenvalue weighted by molar-refractivity contribution is 0.0600. The first-order valence-corrected chi connectivity index (χ1v) is 6.62. The number of aromatic nitrogens is 5. The Labute approximate surface area is 121 Å². The second-order valence-corrected chi connectivity index (χ2v) is 4.65. The summed E-state index contributed by atoms with van der Waals surface area (Å²) in [6.45, 7) is 4.67. The minimum Gasteiger partial charge on any atom is -0.465 e. The molecule has 0 aliphatic heterocycles. The lowest BCUT2D eigenvalue weighted by atomic mass is 10.3. The molecule has 0 saturated carbocycles. The van der Waals surface area contributed by atoms with E-state index in [2.05, 4.69) is 15.3 Å². The van der Waals surface area contributed by atoms with E-state index in [0.29, 0.717) is 17.0 Å². The van der Waals surface area contributed by atoms with Crippen LogP contribution in [0, 0.1) is 6.92 Å². The number of carbonyl (C=O) groups excluding carboxylic acids is 1. The first-order chi connectivity index (χ1) is 10.1. The standard InChI is InChI=1S/C14H15N5O2/c1-4-19-11(7-9(2)17-19)13-16-15-12-6-5-10(8-18(12)13)14(20)21-3/h5-8H,4H2,1-3H3. The van der Waals surface area contributed by atoms with Crippen LogP contribution in [0.4, 0.5) is 0 Å². The third kappa shape index (κ3) is 2.16. The molecule has 0 amide bonds. The van der Waals surface area contributed by atoms with E-state index in [9.17, 15) is 4.79 Å². The Morgan fingerprint density at radius 3 is 2.86 bits per heavy atom. The second kappa shape index (κ2) is 5.01. The average molecular weight is 285 g/mol. The SMILES string of the molecule is CCn1nc(C)cc1-c1nnc2ccc(C(=O)OC)cn12. The number of nitrogens with zero attached hydrogens (tertiary/aromatic N) is 5. The van der Waals surface area contributed by atoms with Crippen LogP contribution in [0.15, 0.2) is 24.4 Å². The van der Waals surface area contributed by atoms with Gasteiger partial charge in [-0.2, -0.15) is 5.10 Å². The molecule has 3 heterocycles. The molecular formula is C14H15N5O2. The van der Waals surface area contributed by atoms with Crippen LogP contribution in [0.3, 0.4) is 0 Å². The monoisotopic (exact) mass is 285 g/mol. The van der Waals surface area contributed by atoms with E-state index in [-0.39, 0.29) is 0 Å². The third-order valence-corrected chi connectivity index (χ3v) is 3.25. The minimum absolute atomic E-state index is 0.392. The summed E-state index contributed by atoms with van der Waals surface area (Å²) in [5.41, 5.74) is 2.89. The van der Waals surface area contributed by atoms with Crippen LogP contribution in [0.2, 0.25) is 0 Å². The number of rotatable bonds is 3. The first-order valence-electron chi connectivity index (χ1n) is 6.62. The van der Waals surface area contributed by atoms with Crippen LogP contribution in [0.25, 0.3) is 17.2 Å². The largest absolute Gasteiger partial charge is 0.465 e. The predicted molar refractivity (Wildman–Crippen MR) is 76.0 cm³/mol. The van der Waals surface area contributed by atoms with Gasteiger partial charge in [0.2, 0.25) is 0 Å². The fourth-order valence-electron chi connectivity index (χ4n) is 2.27. The van der Waals surface area contributed by atoms with Gasteiger partial charge in [0.05, 0.1) is 18.4 Å². The molecule has 7 heteroatoms. The van der Waals surface area contributed by atoms with Gasteiger partial charge >= 0.3 is 5.97 Å². The lowest BCUT2D eigenvalue weighted by Gasteiger charge is -2.04. The number of esters is 1. The number of pyridine rings is 1. The van der Waals surface area contributed by atoms with Gasteiger partial charge in [0.15, 0.2) is 11.5 Å². The van der Waals surface area contributed by atoms with E-state index in [0.717, 1.165) is 17.9 Å². The number of methoxy groups -OCH3 is 1. The Bertz CT molecular complexity index is 818. The van der Waals surface area contributed by atoms with Crippen LogP contribution >= 0.6 is 0 Å². The van der Waals surface area contributed by atoms with Crippen LogP contribution in [0.5, 0.6) is 0 Å². The van der Waals surface area contributed by atoms with Gasteiger partial charge in [-0.3, -0.25) is 9.08 Å². The van der Waals surface area contributed by atoms with E-state index in [1.807, 2.05) is 24.6 Å². The number of hydrogen-bond donors (Lipinski definition) is 0. The van der Waals surface area contributed by atoms with Crippen LogP contribution < -0.4 is 0 Å². The zero-order valence-corrected chi connectivity index (χ0v) is 12.1. The molecule has 3 aromatic rings. The Hall–Kier alpha value is -2.70. The van der Waals surface area contributed by atoms with Crippen molar-refractivity contribution in [3.63, 3.8) is 0 Å². The van der Waals surface area contributed by atoms with Crippen molar-refractivity contribution in [3.8, 4) is 11.5 Å². The molecule has 0 atom stereocenters. The van der Waals surface area contributed by atoms with Gasteiger partial charge in [-0.1, -0.05) is 0 Å². The van der Waals surface area contributed by atoms with Gasteiger partial charge in [-0.05, 0) is 32.0 Å². The number of aryl methyl sites for hydroxylation is 2. The van der Waals surface area contributed by atoms with Gasteiger partial charge in [0.25, 0.3) is 0 Å². The molecule has 0 aromatic carbocycles. The summed E-state index contributed by atoms with van der Waals surface area (Å²) in [7, 11) is 1.36. The van der Waals surface area contributed by atoms with Gasteiger partial charge < -0.3 is 4.74 Å². The van der Waals surface area contributed by atoms with Crippen molar-refractivity contribution in [2.24, 2.45) is 0 Å². The summed E-state index contributed by atoms with van der Waals surface area (Å²) in [5, 5.41) is 12.7. The maximum atomic E-state index is 11.7. The summed E-state index contributed by atoms with van der Waals surface area (Å²) in [6, 6.07) is 5.36. The Morgan fingerprint density at radius 1 is 1.33 bits per heavy atom. The quantitative estimate of drug-likeness (QED) is 0.685. The van der Waals surface area contributed by atoms with E-state index >= 15 is 0 Å². The molecule has 0 aliphatic carbocycles. The molecule has 0 N–H and O–H groups in total. The number of fused-ring (bicyclic) bond motifs is 1. The molecule has 3 rings (SSSR count). The Balaban J connectivity index is 2.20. The maximum Gasteiger partial charge on any atom is 0.339 e.